The number of phenolic OH excluding ortho intramolecular Hbond substituents is 1. The minimum Gasteiger partial charge on any atom is -0.504 e. The van der Waals surface area contributed by atoms with Crippen LogP contribution in [0.1, 0.15) is 32.4 Å². The number of rotatable bonds is 2. The first-order chi connectivity index (χ1) is 8.52. The van der Waals surface area contributed by atoms with E-state index in [4.69, 9.17) is 14.2 Å². The van der Waals surface area contributed by atoms with Gasteiger partial charge in [-0.1, -0.05) is 13.0 Å². The molecular formula is C14H20O4. The third-order valence-corrected chi connectivity index (χ3v) is 3.49. The van der Waals surface area contributed by atoms with Crippen LogP contribution < -0.4 is 4.74 Å². The molecule has 1 aliphatic heterocycles. The molecule has 0 spiro atoms. The molecule has 0 aromatic heterocycles. The molecule has 1 saturated heterocycles. The Morgan fingerprint density at radius 3 is 2.56 bits per heavy atom. The van der Waals surface area contributed by atoms with E-state index < -0.39 is 0 Å². The number of benzene rings is 1. The first-order valence-electron chi connectivity index (χ1n) is 6.20. The van der Waals surface area contributed by atoms with Crippen molar-refractivity contribution >= 4 is 0 Å². The maximum absolute atomic E-state index is 9.61. The van der Waals surface area contributed by atoms with Gasteiger partial charge in [0.15, 0.2) is 17.8 Å². The summed E-state index contributed by atoms with van der Waals surface area (Å²) < 4.78 is 16.6. The summed E-state index contributed by atoms with van der Waals surface area (Å²) in [4.78, 5) is 0. The van der Waals surface area contributed by atoms with Crippen LogP contribution in [0.4, 0.5) is 0 Å². The number of hydrogen-bond donors (Lipinski definition) is 1. The highest BCUT2D eigenvalue weighted by atomic mass is 16.7. The Hall–Kier alpha value is -1.26. The molecule has 0 aliphatic carbocycles. The maximum atomic E-state index is 9.61. The predicted octanol–water partition coefficient (Wildman–Crippen LogP) is 2.86. The molecule has 0 bridgehead atoms. The maximum Gasteiger partial charge on any atom is 0.160 e. The van der Waals surface area contributed by atoms with Gasteiger partial charge in [0.2, 0.25) is 0 Å². The Morgan fingerprint density at radius 2 is 1.89 bits per heavy atom. The van der Waals surface area contributed by atoms with Gasteiger partial charge in [0.1, 0.15) is 0 Å². The number of methoxy groups -OCH3 is 1. The second-order valence-corrected chi connectivity index (χ2v) is 4.76. The molecule has 2 rings (SSSR count). The van der Waals surface area contributed by atoms with E-state index in [0.29, 0.717) is 5.75 Å². The average Bonchev–Trinajstić information content (AvgIpc) is 2.34. The van der Waals surface area contributed by atoms with E-state index in [1.807, 2.05) is 26.0 Å². The van der Waals surface area contributed by atoms with Crippen LogP contribution in [-0.2, 0) is 9.47 Å². The first kappa shape index (κ1) is 13.2. The van der Waals surface area contributed by atoms with Gasteiger partial charge in [-0.15, -0.1) is 0 Å². The zero-order valence-electron chi connectivity index (χ0n) is 11.2. The highest BCUT2D eigenvalue weighted by Gasteiger charge is 2.33. The number of aromatic hydroxyl groups is 1. The SMILES string of the molecule is COc1cc([C@@H]2O[C@H](C)O[C@@H](C)[C@H]2C)ccc1O. The third-order valence-electron chi connectivity index (χ3n) is 3.49. The van der Waals surface area contributed by atoms with Crippen molar-refractivity contribution in [3.8, 4) is 11.5 Å². The van der Waals surface area contributed by atoms with E-state index in [0.717, 1.165) is 5.56 Å². The fourth-order valence-corrected chi connectivity index (χ4v) is 2.29. The van der Waals surface area contributed by atoms with E-state index in [1.165, 1.54) is 0 Å². The molecule has 18 heavy (non-hydrogen) atoms. The molecule has 0 unspecified atom stereocenters. The molecule has 1 aromatic rings. The van der Waals surface area contributed by atoms with Gasteiger partial charge in [0, 0.05) is 5.92 Å². The first-order valence-corrected chi connectivity index (χ1v) is 6.20. The van der Waals surface area contributed by atoms with Crippen molar-refractivity contribution in [2.24, 2.45) is 5.92 Å². The summed E-state index contributed by atoms with van der Waals surface area (Å²) in [6, 6.07) is 5.32. The van der Waals surface area contributed by atoms with Crippen LogP contribution in [0.15, 0.2) is 18.2 Å². The Morgan fingerprint density at radius 1 is 1.17 bits per heavy atom. The van der Waals surface area contributed by atoms with Crippen LogP contribution in [0.25, 0.3) is 0 Å². The standard InChI is InChI=1S/C14H20O4/c1-8-9(2)17-10(3)18-14(8)11-5-6-12(15)13(7-11)16-4/h5-10,14-15H,1-4H3/t8-,9+,10-,14-/m1/s1. The zero-order valence-corrected chi connectivity index (χ0v) is 11.2. The van der Waals surface area contributed by atoms with Crippen molar-refractivity contribution in [3.05, 3.63) is 23.8 Å². The van der Waals surface area contributed by atoms with Crippen molar-refractivity contribution in [1.82, 2.24) is 0 Å². The van der Waals surface area contributed by atoms with Crippen molar-refractivity contribution in [2.45, 2.75) is 39.3 Å². The van der Waals surface area contributed by atoms with Crippen LogP contribution in [0.3, 0.4) is 0 Å². The summed E-state index contributed by atoms with van der Waals surface area (Å²) in [7, 11) is 1.54. The van der Waals surface area contributed by atoms with Crippen molar-refractivity contribution < 1.29 is 19.3 Å². The largest absolute Gasteiger partial charge is 0.504 e. The minimum atomic E-state index is -0.221. The summed E-state index contributed by atoms with van der Waals surface area (Å²) in [6.07, 6.45) is -0.127. The lowest BCUT2D eigenvalue weighted by molar-refractivity contribution is -0.256. The van der Waals surface area contributed by atoms with Gasteiger partial charge in [-0.3, -0.25) is 0 Å². The van der Waals surface area contributed by atoms with Gasteiger partial charge < -0.3 is 19.3 Å². The highest BCUT2D eigenvalue weighted by Crippen LogP contribution is 2.38. The number of phenols is 1. The van der Waals surface area contributed by atoms with Crippen LogP contribution in [-0.4, -0.2) is 24.6 Å². The van der Waals surface area contributed by atoms with Crippen LogP contribution in [0.5, 0.6) is 11.5 Å². The number of ether oxygens (including phenoxy) is 3. The third kappa shape index (κ3) is 2.44. The lowest BCUT2D eigenvalue weighted by atomic mass is 9.92. The monoisotopic (exact) mass is 252 g/mol. The van der Waals surface area contributed by atoms with E-state index in [2.05, 4.69) is 6.92 Å². The molecular weight excluding hydrogens is 232 g/mol. The van der Waals surface area contributed by atoms with Crippen LogP contribution in [0, 0.1) is 5.92 Å². The highest BCUT2D eigenvalue weighted by molar-refractivity contribution is 5.42. The molecule has 4 atom stereocenters. The molecule has 1 heterocycles. The Kier molecular flexibility index (Phi) is 3.78. The molecule has 1 fully saturated rings. The van der Waals surface area contributed by atoms with Gasteiger partial charge in [-0.25, -0.2) is 0 Å². The van der Waals surface area contributed by atoms with Crippen molar-refractivity contribution in [2.75, 3.05) is 7.11 Å². The van der Waals surface area contributed by atoms with E-state index in [-0.39, 0.29) is 30.2 Å². The van der Waals surface area contributed by atoms with Crippen molar-refractivity contribution in [3.63, 3.8) is 0 Å². The minimum absolute atomic E-state index is 0.0433. The summed E-state index contributed by atoms with van der Waals surface area (Å²) in [5, 5.41) is 9.61. The Labute approximate surface area is 107 Å². The summed E-state index contributed by atoms with van der Waals surface area (Å²) in [6.45, 7) is 6.04. The van der Waals surface area contributed by atoms with E-state index in [1.54, 1.807) is 13.2 Å². The predicted molar refractivity (Wildman–Crippen MR) is 67.7 cm³/mol. The quantitative estimate of drug-likeness (QED) is 0.879. The van der Waals surface area contributed by atoms with Crippen LogP contribution in [0.2, 0.25) is 0 Å². The summed E-state index contributed by atoms with van der Waals surface area (Å²) in [5.41, 5.74) is 0.999. The van der Waals surface area contributed by atoms with E-state index >= 15 is 0 Å². The summed E-state index contributed by atoms with van der Waals surface area (Å²) in [5.74, 6) is 0.854. The molecule has 1 N–H and O–H groups in total. The van der Waals surface area contributed by atoms with Gasteiger partial charge in [-0.05, 0) is 31.5 Å². The zero-order chi connectivity index (χ0) is 13.3. The lowest BCUT2D eigenvalue weighted by Gasteiger charge is -2.38. The van der Waals surface area contributed by atoms with Gasteiger partial charge in [0.25, 0.3) is 0 Å². The number of hydrogen-bond acceptors (Lipinski definition) is 4. The molecule has 0 saturated carbocycles. The topological polar surface area (TPSA) is 47.9 Å². The van der Waals surface area contributed by atoms with Gasteiger partial charge in [-0.2, -0.15) is 0 Å². The van der Waals surface area contributed by atoms with Gasteiger partial charge >= 0.3 is 0 Å². The summed E-state index contributed by atoms with van der Waals surface area (Å²) >= 11 is 0. The molecule has 0 radical (unpaired) electrons. The second-order valence-electron chi connectivity index (χ2n) is 4.76. The average molecular weight is 252 g/mol. The fraction of sp³-hybridized carbons (Fsp3) is 0.571. The Balaban J connectivity index is 2.29. The van der Waals surface area contributed by atoms with E-state index in [9.17, 15) is 5.11 Å². The van der Waals surface area contributed by atoms with Crippen molar-refractivity contribution in [1.29, 1.82) is 0 Å². The fourth-order valence-electron chi connectivity index (χ4n) is 2.29. The lowest BCUT2D eigenvalue weighted by Crippen LogP contribution is -2.37. The molecule has 1 aromatic carbocycles. The normalized spacial score (nSPS) is 32.2. The molecule has 4 nitrogen and oxygen atoms in total. The van der Waals surface area contributed by atoms with Crippen LogP contribution >= 0.6 is 0 Å². The smallest absolute Gasteiger partial charge is 0.160 e. The molecule has 4 heteroatoms. The van der Waals surface area contributed by atoms with Gasteiger partial charge in [0.05, 0.1) is 19.3 Å². The second kappa shape index (κ2) is 5.16. The molecule has 100 valence electrons. The molecule has 0 amide bonds. The molecule has 1 aliphatic rings. The Bertz CT molecular complexity index is 418.